The predicted molar refractivity (Wildman–Crippen MR) is 74.7 cm³/mol. The molecule has 0 aromatic rings. The number of carbonyl (C=O) groups is 2. The molecule has 1 rings (SSSR count). The van der Waals surface area contributed by atoms with E-state index in [0.29, 0.717) is 39.4 Å². The highest BCUT2D eigenvalue weighted by Crippen LogP contribution is 2.07. The number of nitrogens with zero attached hydrogens (tertiary/aromatic N) is 2. The zero-order valence-corrected chi connectivity index (χ0v) is 12.5. The molecule has 0 aromatic carbocycles. The minimum atomic E-state index is -0.826. The van der Waals surface area contributed by atoms with Gasteiger partial charge in [0.25, 0.3) is 0 Å². The van der Waals surface area contributed by atoms with Gasteiger partial charge in [-0.3, -0.25) is 9.69 Å². The molecule has 116 valence electrons. The molecule has 20 heavy (non-hydrogen) atoms. The Hall–Kier alpha value is -1.34. The van der Waals surface area contributed by atoms with Crippen LogP contribution in [-0.2, 0) is 9.53 Å². The summed E-state index contributed by atoms with van der Waals surface area (Å²) >= 11 is 0. The van der Waals surface area contributed by atoms with Crippen molar-refractivity contribution in [3.8, 4) is 0 Å². The number of urea groups is 1. The maximum Gasteiger partial charge on any atom is 0.320 e. The maximum absolute atomic E-state index is 12.0. The predicted octanol–water partition coefficient (Wildman–Crippen LogP) is 0.212. The van der Waals surface area contributed by atoms with E-state index in [1.807, 2.05) is 18.7 Å². The Bertz CT molecular complexity index is 330. The van der Waals surface area contributed by atoms with E-state index in [1.54, 1.807) is 11.8 Å². The van der Waals surface area contributed by atoms with E-state index < -0.39 is 12.0 Å². The summed E-state index contributed by atoms with van der Waals surface area (Å²) in [5.41, 5.74) is 0. The average molecular weight is 287 g/mol. The fourth-order valence-corrected chi connectivity index (χ4v) is 2.11. The smallest absolute Gasteiger partial charge is 0.320 e. The first kappa shape index (κ1) is 16.7. The van der Waals surface area contributed by atoms with Gasteiger partial charge in [0.05, 0.1) is 12.6 Å². The lowest BCUT2D eigenvalue weighted by Crippen LogP contribution is -2.56. The summed E-state index contributed by atoms with van der Waals surface area (Å²) < 4.78 is 5.25. The molecule has 1 saturated heterocycles. The molecule has 2 N–H and O–H groups in total. The normalized spacial score (nSPS) is 19.4. The van der Waals surface area contributed by atoms with Crippen LogP contribution in [0.3, 0.4) is 0 Å². The van der Waals surface area contributed by atoms with Crippen LogP contribution in [-0.4, -0.2) is 78.4 Å². The van der Waals surface area contributed by atoms with Crippen molar-refractivity contribution in [1.29, 1.82) is 0 Å². The lowest BCUT2D eigenvalue weighted by molar-refractivity contribution is -0.143. The van der Waals surface area contributed by atoms with Gasteiger partial charge in [-0.1, -0.05) is 0 Å². The SMILES string of the molecule is CCOCC(C)NC(=O)N1CCN(C(C)C(=O)O)CC1. The quantitative estimate of drug-likeness (QED) is 0.730. The third-order valence-corrected chi connectivity index (χ3v) is 3.45. The Morgan fingerprint density at radius 1 is 1.25 bits per heavy atom. The number of nitrogens with one attached hydrogen (secondary N) is 1. The van der Waals surface area contributed by atoms with Gasteiger partial charge in [0, 0.05) is 32.8 Å². The molecule has 1 aliphatic heterocycles. The Morgan fingerprint density at radius 2 is 1.85 bits per heavy atom. The molecule has 1 fully saturated rings. The van der Waals surface area contributed by atoms with E-state index in [2.05, 4.69) is 5.32 Å². The van der Waals surface area contributed by atoms with Crippen LogP contribution >= 0.6 is 0 Å². The van der Waals surface area contributed by atoms with E-state index >= 15 is 0 Å². The third-order valence-electron chi connectivity index (χ3n) is 3.45. The van der Waals surface area contributed by atoms with Crippen molar-refractivity contribution in [2.24, 2.45) is 0 Å². The summed E-state index contributed by atoms with van der Waals surface area (Å²) in [5.74, 6) is -0.826. The summed E-state index contributed by atoms with van der Waals surface area (Å²) in [5, 5.41) is 11.8. The second-order valence-electron chi connectivity index (χ2n) is 5.05. The van der Waals surface area contributed by atoms with Crippen LogP contribution in [0.15, 0.2) is 0 Å². The van der Waals surface area contributed by atoms with Gasteiger partial charge in [0.2, 0.25) is 0 Å². The number of carbonyl (C=O) groups excluding carboxylic acids is 1. The minimum absolute atomic E-state index is 0.0292. The summed E-state index contributed by atoms with van der Waals surface area (Å²) in [6, 6.07) is -0.643. The van der Waals surface area contributed by atoms with E-state index in [1.165, 1.54) is 0 Å². The van der Waals surface area contributed by atoms with E-state index in [-0.39, 0.29) is 12.1 Å². The second-order valence-corrected chi connectivity index (χ2v) is 5.05. The molecular formula is C13H25N3O4. The van der Waals surface area contributed by atoms with Crippen LogP contribution in [0.5, 0.6) is 0 Å². The highest BCUT2D eigenvalue weighted by atomic mass is 16.5. The van der Waals surface area contributed by atoms with Crippen LogP contribution in [0.2, 0.25) is 0 Å². The first-order valence-electron chi connectivity index (χ1n) is 7.05. The molecule has 0 spiro atoms. The molecule has 0 saturated carbocycles. The van der Waals surface area contributed by atoms with E-state index in [4.69, 9.17) is 9.84 Å². The Labute approximate surface area is 119 Å². The lowest BCUT2D eigenvalue weighted by Gasteiger charge is -2.36. The molecule has 0 aliphatic carbocycles. The molecule has 2 unspecified atom stereocenters. The summed E-state index contributed by atoms with van der Waals surface area (Å²) in [6.07, 6.45) is 0. The first-order chi connectivity index (χ1) is 9.45. The maximum atomic E-state index is 12.0. The van der Waals surface area contributed by atoms with Gasteiger partial charge < -0.3 is 20.1 Å². The number of piperazine rings is 1. The molecule has 2 atom stereocenters. The summed E-state index contributed by atoms with van der Waals surface area (Å²) in [7, 11) is 0. The van der Waals surface area contributed by atoms with Crippen molar-refractivity contribution < 1.29 is 19.4 Å². The topological polar surface area (TPSA) is 82.1 Å². The lowest BCUT2D eigenvalue weighted by atomic mass is 10.2. The van der Waals surface area contributed by atoms with Gasteiger partial charge in [-0.05, 0) is 20.8 Å². The molecule has 0 radical (unpaired) electrons. The highest BCUT2D eigenvalue weighted by molar-refractivity contribution is 5.75. The molecule has 2 amide bonds. The van der Waals surface area contributed by atoms with Crippen LogP contribution in [0.4, 0.5) is 4.79 Å². The van der Waals surface area contributed by atoms with Crippen LogP contribution in [0.25, 0.3) is 0 Å². The number of aliphatic carboxylic acids is 1. The molecule has 0 aromatic heterocycles. The molecular weight excluding hydrogens is 262 g/mol. The fourth-order valence-electron chi connectivity index (χ4n) is 2.11. The van der Waals surface area contributed by atoms with Crippen LogP contribution in [0.1, 0.15) is 20.8 Å². The number of hydrogen-bond donors (Lipinski definition) is 2. The monoisotopic (exact) mass is 287 g/mol. The zero-order valence-electron chi connectivity index (χ0n) is 12.5. The molecule has 1 aliphatic rings. The Kier molecular flexibility index (Phi) is 6.74. The number of amides is 2. The van der Waals surface area contributed by atoms with E-state index in [9.17, 15) is 9.59 Å². The molecule has 7 nitrogen and oxygen atoms in total. The van der Waals surface area contributed by atoms with Crippen molar-refractivity contribution in [3.05, 3.63) is 0 Å². The van der Waals surface area contributed by atoms with Crippen molar-refractivity contribution in [3.63, 3.8) is 0 Å². The van der Waals surface area contributed by atoms with Crippen molar-refractivity contribution in [2.75, 3.05) is 39.4 Å². The highest BCUT2D eigenvalue weighted by Gasteiger charge is 2.27. The van der Waals surface area contributed by atoms with Crippen molar-refractivity contribution in [1.82, 2.24) is 15.1 Å². The number of carboxylic acid groups (broad SMARTS) is 1. The van der Waals surface area contributed by atoms with Crippen molar-refractivity contribution in [2.45, 2.75) is 32.9 Å². The fraction of sp³-hybridized carbons (Fsp3) is 0.846. The summed E-state index contributed by atoms with van der Waals surface area (Å²) in [6.45, 7) is 8.87. The Balaban J connectivity index is 2.33. The van der Waals surface area contributed by atoms with Gasteiger partial charge in [-0.15, -0.1) is 0 Å². The van der Waals surface area contributed by atoms with Gasteiger partial charge in [0.1, 0.15) is 6.04 Å². The summed E-state index contributed by atoms with van der Waals surface area (Å²) in [4.78, 5) is 26.5. The number of ether oxygens (including phenoxy) is 1. The first-order valence-corrected chi connectivity index (χ1v) is 7.05. The number of rotatable bonds is 6. The van der Waals surface area contributed by atoms with Gasteiger partial charge >= 0.3 is 12.0 Å². The molecule has 1 heterocycles. The largest absolute Gasteiger partial charge is 0.480 e. The standard InChI is InChI=1S/C13H25N3O4/c1-4-20-9-10(2)14-13(19)16-7-5-15(6-8-16)11(3)12(17)18/h10-11H,4-9H2,1-3H3,(H,14,19)(H,17,18). The van der Waals surface area contributed by atoms with Crippen molar-refractivity contribution >= 4 is 12.0 Å². The number of hydrogen-bond acceptors (Lipinski definition) is 4. The molecule has 7 heteroatoms. The zero-order chi connectivity index (χ0) is 15.1. The average Bonchev–Trinajstić information content (AvgIpc) is 2.44. The van der Waals surface area contributed by atoms with Crippen LogP contribution in [0, 0.1) is 0 Å². The molecule has 0 bridgehead atoms. The minimum Gasteiger partial charge on any atom is -0.480 e. The second kappa shape index (κ2) is 8.06. The third kappa shape index (κ3) is 4.97. The Morgan fingerprint density at radius 3 is 2.35 bits per heavy atom. The van der Waals surface area contributed by atoms with Gasteiger partial charge in [-0.2, -0.15) is 0 Å². The number of carboxylic acids is 1. The van der Waals surface area contributed by atoms with E-state index in [0.717, 1.165) is 0 Å². The van der Waals surface area contributed by atoms with Gasteiger partial charge in [0.15, 0.2) is 0 Å². The van der Waals surface area contributed by atoms with Gasteiger partial charge in [-0.25, -0.2) is 4.79 Å². The van der Waals surface area contributed by atoms with Crippen LogP contribution < -0.4 is 5.32 Å².